The van der Waals surface area contributed by atoms with Crippen LogP contribution in [0.3, 0.4) is 0 Å². The topological polar surface area (TPSA) is 99.5 Å². The molecule has 3 amide bonds. The molecule has 12 heteroatoms. The summed E-state index contributed by atoms with van der Waals surface area (Å²) in [5, 5.41) is 14.1. The van der Waals surface area contributed by atoms with E-state index in [1.165, 1.54) is 6.20 Å². The molecule has 0 spiro atoms. The van der Waals surface area contributed by atoms with Gasteiger partial charge in [0, 0.05) is 53.4 Å². The first-order chi connectivity index (χ1) is 18.3. The Morgan fingerprint density at radius 3 is 2.39 bits per heavy atom. The first kappa shape index (κ1) is 28.5. The van der Waals surface area contributed by atoms with Gasteiger partial charge in [0.1, 0.15) is 0 Å². The number of piperidine rings is 1. The van der Waals surface area contributed by atoms with E-state index in [0.717, 1.165) is 44.5 Å². The molecule has 1 aromatic heterocycles. The maximum atomic E-state index is 12.6. The zero-order valence-corrected chi connectivity index (χ0v) is 23.4. The highest BCUT2D eigenvalue weighted by atomic mass is 35.5. The third kappa shape index (κ3) is 8.25. The van der Waals surface area contributed by atoms with Gasteiger partial charge in [-0.1, -0.05) is 57.6 Å². The van der Waals surface area contributed by atoms with Crippen LogP contribution in [-0.2, 0) is 0 Å². The number of halogens is 4. The van der Waals surface area contributed by atoms with Crippen molar-refractivity contribution in [3.8, 4) is 0 Å². The van der Waals surface area contributed by atoms with E-state index in [2.05, 4.69) is 26.0 Å². The normalized spacial score (nSPS) is 15.2. The third-order valence-electron chi connectivity index (χ3n) is 6.42. The minimum atomic E-state index is -0.364. The molecule has 4 rings (SSSR count). The highest BCUT2D eigenvalue weighted by Gasteiger charge is 2.23. The van der Waals surface area contributed by atoms with Gasteiger partial charge in [0.25, 0.3) is 5.91 Å². The molecule has 2 heterocycles. The predicted molar refractivity (Wildman–Crippen MR) is 151 cm³/mol. The van der Waals surface area contributed by atoms with Gasteiger partial charge in [0.15, 0.2) is 0 Å². The smallest absolute Gasteiger partial charge is 0.319 e. The zero-order chi connectivity index (χ0) is 27.1. The lowest BCUT2D eigenvalue weighted by atomic mass is 9.94. The van der Waals surface area contributed by atoms with Gasteiger partial charge in [-0.15, -0.1) is 0 Å². The predicted octanol–water partition coefficient (Wildman–Crippen LogP) is 6.48. The number of hydrogen-bond acceptors (Lipinski definition) is 5. The van der Waals surface area contributed by atoms with E-state index in [1.807, 2.05) is 12.1 Å². The van der Waals surface area contributed by atoms with Crippen molar-refractivity contribution in [1.29, 1.82) is 0 Å². The molecule has 1 saturated heterocycles. The number of rotatable bonds is 9. The van der Waals surface area contributed by atoms with E-state index in [1.54, 1.807) is 30.3 Å². The SMILES string of the molecule is O=C(NCC(CCN1CCC(NC(=O)c2ccno2)CC1)c1ccc(Cl)c(Cl)c1)Nc1cc(Cl)cc(Cl)c1. The van der Waals surface area contributed by atoms with E-state index < -0.39 is 0 Å². The van der Waals surface area contributed by atoms with Gasteiger partial charge < -0.3 is 25.4 Å². The maximum absolute atomic E-state index is 12.6. The Labute approximate surface area is 240 Å². The van der Waals surface area contributed by atoms with E-state index in [-0.39, 0.29) is 29.7 Å². The van der Waals surface area contributed by atoms with Gasteiger partial charge in [-0.25, -0.2) is 4.79 Å². The molecule has 3 aromatic rings. The number of amides is 3. The average molecular weight is 599 g/mol. The van der Waals surface area contributed by atoms with Crippen molar-refractivity contribution < 1.29 is 14.1 Å². The summed E-state index contributed by atoms with van der Waals surface area (Å²) in [7, 11) is 0. The number of carbonyl (C=O) groups excluding carboxylic acids is 2. The molecule has 8 nitrogen and oxygen atoms in total. The summed E-state index contributed by atoms with van der Waals surface area (Å²) < 4.78 is 4.93. The summed E-state index contributed by atoms with van der Waals surface area (Å²) in [6.45, 7) is 2.90. The molecule has 0 radical (unpaired) electrons. The molecule has 202 valence electrons. The highest BCUT2D eigenvalue weighted by molar-refractivity contribution is 6.42. The molecule has 1 fully saturated rings. The monoisotopic (exact) mass is 597 g/mol. The minimum Gasteiger partial charge on any atom is -0.351 e. The average Bonchev–Trinajstić information content (AvgIpc) is 3.41. The van der Waals surface area contributed by atoms with E-state index >= 15 is 0 Å². The Morgan fingerprint density at radius 1 is 1.00 bits per heavy atom. The molecule has 0 aliphatic carbocycles. The van der Waals surface area contributed by atoms with Crippen LogP contribution in [0.15, 0.2) is 53.2 Å². The molecular formula is C26H27Cl4N5O3. The largest absolute Gasteiger partial charge is 0.351 e. The second-order valence-electron chi connectivity index (χ2n) is 9.12. The van der Waals surface area contributed by atoms with Crippen LogP contribution in [0, 0.1) is 0 Å². The van der Waals surface area contributed by atoms with Gasteiger partial charge in [0.2, 0.25) is 5.76 Å². The van der Waals surface area contributed by atoms with Crippen molar-refractivity contribution in [3.63, 3.8) is 0 Å². The fourth-order valence-corrected chi connectivity index (χ4v) is 5.23. The summed E-state index contributed by atoms with van der Waals surface area (Å²) >= 11 is 24.5. The number of benzene rings is 2. The summed E-state index contributed by atoms with van der Waals surface area (Å²) in [5.41, 5.74) is 1.49. The highest BCUT2D eigenvalue weighted by Crippen LogP contribution is 2.29. The second-order valence-corrected chi connectivity index (χ2v) is 10.8. The Kier molecular flexibility index (Phi) is 10.2. The molecule has 0 saturated carbocycles. The Hall–Kier alpha value is -2.49. The van der Waals surface area contributed by atoms with Gasteiger partial charge >= 0.3 is 6.03 Å². The first-order valence-electron chi connectivity index (χ1n) is 12.2. The first-order valence-corrected chi connectivity index (χ1v) is 13.7. The van der Waals surface area contributed by atoms with Crippen LogP contribution in [-0.4, -0.2) is 54.2 Å². The van der Waals surface area contributed by atoms with E-state index in [4.69, 9.17) is 50.9 Å². The van der Waals surface area contributed by atoms with Crippen molar-refractivity contribution >= 4 is 64.0 Å². The summed E-state index contributed by atoms with van der Waals surface area (Å²) in [4.78, 5) is 27.2. The van der Waals surface area contributed by atoms with Crippen LogP contribution in [0.25, 0.3) is 0 Å². The van der Waals surface area contributed by atoms with Gasteiger partial charge in [0.05, 0.1) is 16.2 Å². The number of nitrogens with zero attached hydrogens (tertiary/aromatic N) is 2. The number of likely N-dealkylation sites (tertiary alicyclic amines) is 1. The van der Waals surface area contributed by atoms with Gasteiger partial charge in [-0.2, -0.15) is 0 Å². The number of aromatic nitrogens is 1. The minimum absolute atomic E-state index is 0.00217. The lowest BCUT2D eigenvalue weighted by Crippen LogP contribution is -2.45. The van der Waals surface area contributed by atoms with Crippen LogP contribution in [0.2, 0.25) is 20.1 Å². The molecular weight excluding hydrogens is 572 g/mol. The fraction of sp³-hybridized carbons (Fsp3) is 0.346. The summed E-state index contributed by atoms with van der Waals surface area (Å²) in [6, 6.07) is 11.7. The van der Waals surface area contributed by atoms with Crippen LogP contribution >= 0.6 is 46.4 Å². The molecule has 38 heavy (non-hydrogen) atoms. The third-order valence-corrected chi connectivity index (χ3v) is 7.60. The maximum Gasteiger partial charge on any atom is 0.319 e. The van der Waals surface area contributed by atoms with Crippen molar-refractivity contribution in [3.05, 3.63) is 80.1 Å². The Morgan fingerprint density at radius 2 is 1.74 bits per heavy atom. The Bertz CT molecular complexity index is 1230. The Balaban J connectivity index is 1.31. The van der Waals surface area contributed by atoms with Crippen LogP contribution in [0.1, 0.15) is 41.3 Å². The van der Waals surface area contributed by atoms with Gasteiger partial charge in [-0.05, 0) is 61.7 Å². The number of hydrogen-bond donors (Lipinski definition) is 3. The van der Waals surface area contributed by atoms with Crippen molar-refractivity contribution in [2.24, 2.45) is 0 Å². The molecule has 1 unspecified atom stereocenters. The van der Waals surface area contributed by atoms with Crippen molar-refractivity contribution in [2.75, 3.05) is 31.5 Å². The molecule has 3 N–H and O–H groups in total. The molecule has 2 aromatic carbocycles. The number of nitrogens with one attached hydrogen (secondary N) is 3. The lowest BCUT2D eigenvalue weighted by Gasteiger charge is -2.33. The van der Waals surface area contributed by atoms with Crippen LogP contribution in [0.4, 0.5) is 10.5 Å². The van der Waals surface area contributed by atoms with E-state index in [0.29, 0.717) is 32.3 Å². The summed E-state index contributed by atoms with van der Waals surface area (Å²) in [6.07, 6.45) is 3.91. The quantitative estimate of drug-likeness (QED) is 0.262. The number of carbonyl (C=O) groups is 2. The molecule has 0 bridgehead atoms. The number of urea groups is 1. The fourth-order valence-electron chi connectivity index (χ4n) is 4.40. The van der Waals surface area contributed by atoms with Crippen LogP contribution < -0.4 is 16.0 Å². The zero-order valence-electron chi connectivity index (χ0n) is 20.4. The number of anilines is 1. The molecule has 1 aliphatic heterocycles. The van der Waals surface area contributed by atoms with E-state index in [9.17, 15) is 9.59 Å². The standard InChI is InChI=1S/C26H27Cl4N5O3/c27-18-12-19(28)14-21(13-18)34-26(37)31-15-17(16-1-2-22(29)23(30)11-16)4-8-35-9-5-20(6-10-35)33-25(36)24-3-7-32-38-24/h1-3,7,11-14,17,20H,4-6,8-10,15H2,(H,33,36)(H2,31,34,37). The van der Waals surface area contributed by atoms with Crippen LogP contribution in [0.5, 0.6) is 0 Å². The summed E-state index contributed by atoms with van der Waals surface area (Å²) in [5.74, 6) is -0.0285. The van der Waals surface area contributed by atoms with Crippen molar-refractivity contribution in [1.82, 2.24) is 20.7 Å². The molecule has 1 atom stereocenters. The second kappa shape index (κ2) is 13.5. The van der Waals surface area contributed by atoms with Gasteiger partial charge in [-0.3, -0.25) is 4.79 Å². The molecule has 1 aliphatic rings. The lowest BCUT2D eigenvalue weighted by molar-refractivity contribution is 0.0873. The van der Waals surface area contributed by atoms with Crippen molar-refractivity contribution in [2.45, 2.75) is 31.2 Å².